The third-order valence-electron chi connectivity index (χ3n) is 2.00. The Morgan fingerprint density at radius 2 is 1.64 bits per heavy atom. The predicted molar refractivity (Wildman–Crippen MR) is 54.0 cm³/mol. The fraction of sp³-hybridized carbons (Fsp3) is 0.800. The molecule has 0 heterocycles. The van der Waals surface area contributed by atoms with Crippen molar-refractivity contribution in [1.29, 1.82) is 0 Å². The van der Waals surface area contributed by atoms with Gasteiger partial charge in [0.1, 0.15) is 0 Å². The van der Waals surface area contributed by atoms with E-state index < -0.39 is 12.1 Å². The minimum atomic E-state index is -0.558. The molecule has 0 aliphatic rings. The van der Waals surface area contributed by atoms with Crippen LogP contribution in [0.4, 0.5) is 4.79 Å². The number of carbonyl (C=O) groups is 2. The van der Waals surface area contributed by atoms with Crippen molar-refractivity contribution in [3.63, 3.8) is 0 Å². The largest absolute Gasteiger partial charge is 0.453 e. The van der Waals surface area contributed by atoms with Crippen molar-refractivity contribution < 1.29 is 14.3 Å². The summed E-state index contributed by atoms with van der Waals surface area (Å²) in [6.45, 7) is 7.41. The van der Waals surface area contributed by atoms with Gasteiger partial charge in [-0.2, -0.15) is 0 Å². The molecular formula is C10H19NO3. The zero-order valence-corrected chi connectivity index (χ0v) is 9.46. The maximum absolute atomic E-state index is 11.7. The van der Waals surface area contributed by atoms with Crippen molar-refractivity contribution in [2.75, 3.05) is 7.11 Å². The highest BCUT2D eigenvalue weighted by Crippen LogP contribution is 2.09. The first kappa shape index (κ1) is 12.9. The lowest BCUT2D eigenvalue weighted by molar-refractivity contribution is -0.124. The fourth-order valence-corrected chi connectivity index (χ4v) is 1.11. The second kappa shape index (κ2) is 5.62. The molecule has 0 aliphatic carbocycles. The van der Waals surface area contributed by atoms with Crippen molar-refractivity contribution in [2.24, 2.45) is 11.8 Å². The molecule has 0 aromatic rings. The lowest BCUT2D eigenvalue weighted by Crippen LogP contribution is -2.46. The van der Waals surface area contributed by atoms with Crippen LogP contribution in [-0.2, 0) is 9.53 Å². The Balaban J connectivity index is 4.45. The third-order valence-corrected chi connectivity index (χ3v) is 2.00. The van der Waals surface area contributed by atoms with E-state index in [1.165, 1.54) is 7.11 Å². The monoisotopic (exact) mass is 201 g/mol. The molecule has 1 N–H and O–H groups in total. The van der Waals surface area contributed by atoms with Crippen LogP contribution in [-0.4, -0.2) is 25.0 Å². The summed E-state index contributed by atoms with van der Waals surface area (Å²) in [4.78, 5) is 22.6. The number of nitrogens with one attached hydrogen (secondary N) is 1. The molecule has 0 radical (unpaired) electrons. The topological polar surface area (TPSA) is 55.4 Å². The molecule has 1 amide bonds. The third kappa shape index (κ3) is 3.77. The zero-order valence-electron chi connectivity index (χ0n) is 9.46. The highest BCUT2D eigenvalue weighted by molar-refractivity contribution is 5.88. The van der Waals surface area contributed by atoms with Gasteiger partial charge in [0.25, 0.3) is 0 Å². The Hall–Kier alpha value is -1.06. The molecule has 14 heavy (non-hydrogen) atoms. The van der Waals surface area contributed by atoms with Crippen LogP contribution in [0.15, 0.2) is 0 Å². The van der Waals surface area contributed by atoms with Gasteiger partial charge in [0.2, 0.25) is 0 Å². The molecule has 0 bridgehead atoms. The Morgan fingerprint density at radius 1 is 1.14 bits per heavy atom. The summed E-state index contributed by atoms with van der Waals surface area (Å²) in [7, 11) is 1.28. The van der Waals surface area contributed by atoms with Gasteiger partial charge in [-0.1, -0.05) is 27.7 Å². The normalized spacial score (nSPS) is 12.8. The van der Waals surface area contributed by atoms with Crippen LogP contribution in [0.5, 0.6) is 0 Å². The lowest BCUT2D eigenvalue weighted by atomic mass is 9.93. The van der Waals surface area contributed by atoms with E-state index in [4.69, 9.17) is 0 Å². The molecular weight excluding hydrogens is 182 g/mol. The molecule has 1 atom stereocenters. The summed E-state index contributed by atoms with van der Waals surface area (Å²) >= 11 is 0. The smallest absolute Gasteiger partial charge is 0.407 e. The molecule has 0 saturated carbocycles. The Morgan fingerprint density at radius 3 is 1.93 bits per heavy atom. The van der Waals surface area contributed by atoms with E-state index >= 15 is 0 Å². The Labute approximate surface area is 85.0 Å². The van der Waals surface area contributed by atoms with Gasteiger partial charge in [-0.15, -0.1) is 0 Å². The molecule has 4 heteroatoms. The molecule has 0 rings (SSSR count). The first-order valence-electron chi connectivity index (χ1n) is 4.78. The van der Waals surface area contributed by atoms with Crippen molar-refractivity contribution in [1.82, 2.24) is 5.32 Å². The van der Waals surface area contributed by atoms with Crippen LogP contribution >= 0.6 is 0 Å². The molecule has 0 saturated heterocycles. The number of hydrogen-bond donors (Lipinski definition) is 1. The van der Waals surface area contributed by atoms with Crippen LogP contribution in [0.1, 0.15) is 27.7 Å². The van der Waals surface area contributed by atoms with Gasteiger partial charge >= 0.3 is 6.09 Å². The van der Waals surface area contributed by atoms with Gasteiger partial charge in [0.05, 0.1) is 13.2 Å². The first-order chi connectivity index (χ1) is 6.40. The van der Waals surface area contributed by atoms with Crippen molar-refractivity contribution in [3.8, 4) is 0 Å². The number of ketones is 1. The minimum Gasteiger partial charge on any atom is -0.453 e. The molecule has 82 valence electrons. The number of rotatable bonds is 4. The summed E-state index contributed by atoms with van der Waals surface area (Å²) in [5.41, 5.74) is 0. The van der Waals surface area contributed by atoms with Crippen LogP contribution in [0.25, 0.3) is 0 Å². The van der Waals surface area contributed by atoms with Crippen molar-refractivity contribution in [2.45, 2.75) is 33.7 Å². The number of Topliss-reactive ketones (excluding diaryl/α,β-unsaturated/α-hetero) is 1. The average Bonchev–Trinajstić information content (AvgIpc) is 2.11. The van der Waals surface area contributed by atoms with Crippen LogP contribution < -0.4 is 5.32 Å². The van der Waals surface area contributed by atoms with Crippen molar-refractivity contribution >= 4 is 11.9 Å². The fourth-order valence-electron chi connectivity index (χ4n) is 1.11. The second-order valence-corrected chi connectivity index (χ2v) is 3.91. The lowest BCUT2D eigenvalue weighted by Gasteiger charge is -2.21. The number of methoxy groups -OCH3 is 1. The maximum atomic E-state index is 11.7. The summed E-state index contributed by atoms with van der Waals surface area (Å²) in [5.74, 6) is 0.0222. The molecule has 0 aliphatic heterocycles. The number of alkyl carbamates (subject to hydrolysis) is 1. The van der Waals surface area contributed by atoms with E-state index in [0.717, 1.165) is 0 Å². The van der Waals surface area contributed by atoms with E-state index in [9.17, 15) is 9.59 Å². The second-order valence-electron chi connectivity index (χ2n) is 3.91. The highest BCUT2D eigenvalue weighted by Gasteiger charge is 2.26. The highest BCUT2D eigenvalue weighted by atomic mass is 16.5. The van der Waals surface area contributed by atoms with Gasteiger partial charge < -0.3 is 10.1 Å². The van der Waals surface area contributed by atoms with E-state index in [-0.39, 0.29) is 17.6 Å². The van der Waals surface area contributed by atoms with Gasteiger partial charge in [-0.05, 0) is 5.92 Å². The van der Waals surface area contributed by atoms with E-state index in [0.29, 0.717) is 0 Å². The molecule has 0 spiro atoms. The number of ether oxygens (including phenoxy) is 1. The molecule has 0 aromatic heterocycles. The number of hydrogen-bond acceptors (Lipinski definition) is 3. The zero-order chi connectivity index (χ0) is 11.3. The van der Waals surface area contributed by atoms with Gasteiger partial charge in [-0.3, -0.25) is 4.79 Å². The van der Waals surface area contributed by atoms with Gasteiger partial charge in [-0.25, -0.2) is 4.79 Å². The molecule has 4 nitrogen and oxygen atoms in total. The van der Waals surface area contributed by atoms with Gasteiger partial charge in [0.15, 0.2) is 5.78 Å². The van der Waals surface area contributed by atoms with Crippen LogP contribution in [0.2, 0.25) is 0 Å². The van der Waals surface area contributed by atoms with Crippen LogP contribution in [0, 0.1) is 11.8 Å². The van der Waals surface area contributed by atoms with Crippen LogP contribution in [0.3, 0.4) is 0 Å². The van der Waals surface area contributed by atoms with Crippen molar-refractivity contribution in [3.05, 3.63) is 0 Å². The molecule has 0 fully saturated rings. The number of amides is 1. The summed E-state index contributed by atoms with van der Waals surface area (Å²) < 4.78 is 4.46. The Bertz CT molecular complexity index is 211. The van der Waals surface area contributed by atoms with E-state index in [2.05, 4.69) is 10.1 Å². The Kier molecular flexibility index (Phi) is 5.20. The van der Waals surface area contributed by atoms with E-state index in [1.807, 2.05) is 27.7 Å². The molecule has 1 unspecified atom stereocenters. The maximum Gasteiger partial charge on any atom is 0.407 e. The molecule has 0 aromatic carbocycles. The van der Waals surface area contributed by atoms with Gasteiger partial charge in [0, 0.05) is 5.92 Å². The van der Waals surface area contributed by atoms with E-state index in [1.54, 1.807) is 0 Å². The quantitative estimate of drug-likeness (QED) is 0.751. The predicted octanol–water partition coefficient (Wildman–Crippen LogP) is 1.59. The first-order valence-corrected chi connectivity index (χ1v) is 4.78. The SMILES string of the molecule is COC(=O)NC(C(=O)C(C)C)C(C)C. The summed E-state index contributed by atoms with van der Waals surface area (Å²) in [6, 6.07) is -0.456. The number of carbonyl (C=O) groups excluding carboxylic acids is 2. The average molecular weight is 201 g/mol. The summed E-state index contributed by atoms with van der Waals surface area (Å²) in [5, 5.41) is 2.54. The standard InChI is InChI=1S/C10H19NO3/c1-6(2)8(9(12)7(3)4)11-10(13)14-5/h6-8H,1-5H3,(H,11,13). The minimum absolute atomic E-state index is 0.0328. The summed E-state index contributed by atoms with van der Waals surface area (Å²) in [6.07, 6.45) is -0.558.